The van der Waals surface area contributed by atoms with Gasteiger partial charge in [0.05, 0.1) is 6.10 Å². The number of anilines is 1. The highest BCUT2D eigenvalue weighted by Crippen LogP contribution is 2.27. The van der Waals surface area contributed by atoms with Gasteiger partial charge in [0.2, 0.25) is 0 Å². The molecule has 2 aromatic rings. The van der Waals surface area contributed by atoms with Gasteiger partial charge in [0.1, 0.15) is 0 Å². The fraction of sp³-hybridized carbons (Fsp3) is 0.400. The molecule has 23 heavy (non-hydrogen) atoms. The molecule has 0 saturated carbocycles. The third kappa shape index (κ3) is 3.92. The third-order valence-corrected chi connectivity index (χ3v) is 4.46. The first-order valence-corrected chi connectivity index (χ1v) is 8.55. The van der Waals surface area contributed by atoms with Crippen molar-refractivity contribution in [3.05, 3.63) is 54.1 Å². The van der Waals surface area contributed by atoms with Crippen LogP contribution in [0.1, 0.15) is 25.5 Å². The van der Waals surface area contributed by atoms with Gasteiger partial charge in [0.15, 0.2) is 0 Å². The maximum absolute atomic E-state index is 5.66. The van der Waals surface area contributed by atoms with Crippen molar-refractivity contribution in [3.63, 3.8) is 0 Å². The van der Waals surface area contributed by atoms with Gasteiger partial charge in [-0.3, -0.25) is 0 Å². The maximum Gasteiger partial charge on any atom is 0.0796 e. The van der Waals surface area contributed by atoms with E-state index in [1.807, 2.05) is 6.92 Å². The Balaban J connectivity index is 1.78. The summed E-state index contributed by atoms with van der Waals surface area (Å²) in [6.45, 7) is 9.16. The molecule has 1 N–H and O–H groups in total. The molecule has 1 saturated heterocycles. The first-order chi connectivity index (χ1) is 11.3. The predicted molar refractivity (Wildman–Crippen MR) is 97.0 cm³/mol. The second-order valence-corrected chi connectivity index (χ2v) is 6.01. The second kappa shape index (κ2) is 7.62. The van der Waals surface area contributed by atoms with Crippen molar-refractivity contribution in [1.29, 1.82) is 0 Å². The SMILES string of the molecule is CCOC(C)c1ccc(-c2cccc(N3CCNCC3)c2)cc1. The molecule has 0 aromatic heterocycles. The van der Waals surface area contributed by atoms with Crippen LogP contribution in [0.15, 0.2) is 48.5 Å². The van der Waals surface area contributed by atoms with E-state index in [0.717, 1.165) is 32.8 Å². The number of benzene rings is 2. The van der Waals surface area contributed by atoms with Crippen LogP contribution in [-0.4, -0.2) is 32.8 Å². The average Bonchev–Trinajstić information content (AvgIpc) is 2.63. The average molecular weight is 310 g/mol. The highest BCUT2D eigenvalue weighted by Gasteiger charge is 2.11. The fourth-order valence-electron chi connectivity index (χ4n) is 3.10. The molecule has 1 aliphatic heterocycles. The molecule has 1 unspecified atom stereocenters. The molecule has 0 amide bonds. The minimum absolute atomic E-state index is 0.154. The highest BCUT2D eigenvalue weighted by molar-refractivity contribution is 5.69. The lowest BCUT2D eigenvalue weighted by molar-refractivity contribution is 0.0764. The van der Waals surface area contributed by atoms with E-state index in [9.17, 15) is 0 Å². The van der Waals surface area contributed by atoms with E-state index < -0.39 is 0 Å². The molecule has 1 heterocycles. The topological polar surface area (TPSA) is 24.5 Å². The molecule has 2 aromatic carbocycles. The summed E-state index contributed by atoms with van der Waals surface area (Å²) in [5, 5.41) is 3.40. The van der Waals surface area contributed by atoms with Crippen LogP contribution in [0.5, 0.6) is 0 Å². The van der Waals surface area contributed by atoms with Gasteiger partial charge in [-0.25, -0.2) is 0 Å². The smallest absolute Gasteiger partial charge is 0.0796 e. The number of rotatable bonds is 5. The summed E-state index contributed by atoms with van der Waals surface area (Å²) >= 11 is 0. The number of nitrogens with one attached hydrogen (secondary N) is 1. The maximum atomic E-state index is 5.66. The van der Waals surface area contributed by atoms with Crippen molar-refractivity contribution in [2.45, 2.75) is 20.0 Å². The van der Waals surface area contributed by atoms with Gasteiger partial charge >= 0.3 is 0 Å². The van der Waals surface area contributed by atoms with Crippen LogP contribution < -0.4 is 10.2 Å². The van der Waals surface area contributed by atoms with Gasteiger partial charge < -0.3 is 15.0 Å². The number of nitrogens with zero attached hydrogens (tertiary/aromatic N) is 1. The molecule has 0 aliphatic carbocycles. The predicted octanol–water partition coefficient (Wildman–Crippen LogP) is 3.86. The molecule has 1 fully saturated rings. The minimum atomic E-state index is 0.154. The van der Waals surface area contributed by atoms with Gasteiger partial charge in [0.25, 0.3) is 0 Å². The van der Waals surface area contributed by atoms with Gasteiger partial charge in [-0.15, -0.1) is 0 Å². The normalized spacial score (nSPS) is 16.3. The van der Waals surface area contributed by atoms with Crippen LogP contribution >= 0.6 is 0 Å². The van der Waals surface area contributed by atoms with E-state index in [2.05, 4.69) is 65.7 Å². The lowest BCUT2D eigenvalue weighted by Gasteiger charge is -2.29. The summed E-state index contributed by atoms with van der Waals surface area (Å²) in [4.78, 5) is 2.45. The van der Waals surface area contributed by atoms with E-state index in [1.54, 1.807) is 0 Å². The molecule has 3 heteroatoms. The van der Waals surface area contributed by atoms with Crippen molar-refractivity contribution >= 4 is 5.69 Å². The Morgan fingerprint density at radius 1 is 1.04 bits per heavy atom. The van der Waals surface area contributed by atoms with Crippen molar-refractivity contribution < 1.29 is 4.74 Å². The molecule has 1 atom stereocenters. The minimum Gasteiger partial charge on any atom is -0.374 e. The largest absolute Gasteiger partial charge is 0.374 e. The Morgan fingerprint density at radius 2 is 1.78 bits per heavy atom. The van der Waals surface area contributed by atoms with E-state index in [0.29, 0.717) is 0 Å². The Morgan fingerprint density at radius 3 is 2.48 bits per heavy atom. The number of piperazine rings is 1. The van der Waals surface area contributed by atoms with E-state index in [1.165, 1.54) is 22.4 Å². The monoisotopic (exact) mass is 310 g/mol. The Hall–Kier alpha value is -1.84. The zero-order valence-electron chi connectivity index (χ0n) is 14.1. The number of hydrogen-bond donors (Lipinski definition) is 1. The standard InChI is InChI=1S/C20H26N2O/c1-3-23-16(2)17-7-9-18(10-8-17)19-5-4-6-20(15-19)22-13-11-21-12-14-22/h4-10,15-16,21H,3,11-14H2,1-2H3. The first kappa shape index (κ1) is 16.0. The molecule has 0 radical (unpaired) electrons. The summed E-state index contributed by atoms with van der Waals surface area (Å²) < 4.78 is 5.66. The second-order valence-electron chi connectivity index (χ2n) is 6.01. The molecule has 3 nitrogen and oxygen atoms in total. The third-order valence-electron chi connectivity index (χ3n) is 4.46. The van der Waals surface area contributed by atoms with Crippen LogP contribution in [0, 0.1) is 0 Å². The van der Waals surface area contributed by atoms with Crippen molar-refractivity contribution in [3.8, 4) is 11.1 Å². The first-order valence-electron chi connectivity index (χ1n) is 8.55. The Bertz CT molecular complexity index is 618. The molecular weight excluding hydrogens is 284 g/mol. The van der Waals surface area contributed by atoms with Crippen LogP contribution in [-0.2, 0) is 4.74 Å². The highest BCUT2D eigenvalue weighted by atomic mass is 16.5. The molecule has 0 bridgehead atoms. The van der Waals surface area contributed by atoms with Crippen molar-refractivity contribution in [2.75, 3.05) is 37.7 Å². The van der Waals surface area contributed by atoms with Crippen LogP contribution in [0.2, 0.25) is 0 Å². The van der Waals surface area contributed by atoms with Crippen LogP contribution in [0.25, 0.3) is 11.1 Å². The number of hydrogen-bond acceptors (Lipinski definition) is 3. The molecular formula is C20H26N2O. The van der Waals surface area contributed by atoms with Crippen LogP contribution in [0.4, 0.5) is 5.69 Å². The van der Waals surface area contributed by atoms with E-state index >= 15 is 0 Å². The lowest BCUT2D eigenvalue weighted by Crippen LogP contribution is -2.43. The summed E-state index contributed by atoms with van der Waals surface area (Å²) in [6, 6.07) is 17.6. The van der Waals surface area contributed by atoms with Gasteiger partial charge in [-0.2, -0.15) is 0 Å². The Labute approximate surface area is 139 Å². The molecule has 122 valence electrons. The van der Waals surface area contributed by atoms with Crippen LogP contribution in [0.3, 0.4) is 0 Å². The summed E-state index contributed by atoms with van der Waals surface area (Å²) in [5.74, 6) is 0. The van der Waals surface area contributed by atoms with Gasteiger partial charge in [-0.05, 0) is 42.7 Å². The van der Waals surface area contributed by atoms with Gasteiger partial charge in [-0.1, -0.05) is 36.4 Å². The quantitative estimate of drug-likeness (QED) is 0.907. The summed E-state index contributed by atoms with van der Waals surface area (Å²) in [5.41, 5.74) is 5.08. The molecule has 3 rings (SSSR count). The number of ether oxygens (including phenoxy) is 1. The lowest BCUT2D eigenvalue weighted by atomic mass is 10.0. The molecule has 0 spiro atoms. The zero-order chi connectivity index (χ0) is 16.1. The van der Waals surface area contributed by atoms with Crippen molar-refractivity contribution in [1.82, 2.24) is 5.32 Å². The summed E-state index contributed by atoms with van der Waals surface area (Å²) in [7, 11) is 0. The van der Waals surface area contributed by atoms with Crippen molar-refractivity contribution in [2.24, 2.45) is 0 Å². The fourth-order valence-corrected chi connectivity index (χ4v) is 3.10. The van der Waals surface area contributed by atoms with E-state index in [4.69, 9.17) is 4.74 Å². The van der Waals surface area contributed by atoms with E-state index in [-0.39, 0.29) is 6.10 Å². The van der Waals surface area contributed by atoms with Gasteiger partial charge in [0, 0.05) is 38.5 Å². The Kier molecular flexibility index (Phi) is 5.31. The molecule has 1 aliphatic rings. The summed E-state index contributed by atoms with van der Waals surface area (Å²) in [6.07, 6.45) is 0.154. The zero-order valence-corrected chi connectivity index (χ0v) is 14.1.